The number of thioether (sulfide) groups is 1. The van der Waals surface area contributed by atoms with Gasteiger partial charge in [0.1, 0.15) is 11.6 Å². The summed E-state index contributed by atoms with van der Waals surface area (Å²) in [7, 11) is 3.65. The highest BCUT2D eigenvalue weighted by Gasteiger charge is 2.42. The van der Waals surface area contributed by atoms with Gasteiger partial charge in [0.05, 0.1) is 18.6 Å². The molecule has 1 saturated heterocycles. The number of hydrogen-bond acceptors (Lipinski definition) is 6. The fourth-order valence-corrected chi connectivity index (χ4v) is 5.62. The fourth-order valence-electron chi connectivity index (χ4n) is 4.62. The summed E-state index contributed by atoms with van der Waals surface area (Å²) in [6.07, 6.45) is 7.19. The van der Waals surface area contributed by atoms with Crippen LogP contribution < -0.4 is 10.1 Å². The van der Waals surface area contributed by atoms with Crippen LogP contribution in [0.3, 0.4) is 0 Å². The van der Waals surface area contributed by atoms with E-state index in [0.29, 0.717) is 19.1 Å². The van der Waals surface area contributed by atoms with E-state index < -0.39 is 5.41 Å². The normalized spacial score (nSPS) is 20.1. The molecule has 2 aromatic rings. The van der Waals surface area contributed by atoms with Gasteiger partial charge in [-0.3, -0.25) is 4.79 Å². The van der Waals surface area contributed by atoms with Gasteiger partial charge in [0, 0.05) is 32.4 Å². The molecule has 8 heteroatoms. The van der Waals surface area contributed by atoms with Gasteiger partial charge in [-0.2, -0.15) is 0 Å². The molecule has 1 aromatic heterocycles. The van der Waals surface area contributed by atoms with E-state index in [9.17, 15) is 4.79 Å². The Morgan fingerprint density at radius 1 is 1.26 bits per heavy atom. The molecule has 0 spiro atoms. The summed E-state index contributed by atoms with van der Waals surface area (Å²) in [5.74, 6) is 2.73. The molecule has 2 aliphatic rings. The summed E-state index contributed by atoms with van der Waals surface area (Å²) in [6.45, 7) is 1.42. The SMILES string of the molecule is COc1ccc(C2(C(=O)NCCc3nnc(SCC4CCCO4)n3C)CCCC2)cc1. The number of rotatable bonds is 9. The molecule has 1 aromatic carbocycles. The number of carbonyl (C=O) groups is 1. The zero-order chi connectivity index (χ0) is 21.7. The fraction of sp³-hybridized carbons (Fsp3) is 0.609. The van der Waals surface area contributed by atoms with Crippen molar-refractivity contribution in [2.24, 2.45) is 7.05 Å². The lowest BCUT2D eigenvalue weighted by Crippen LogP contribution is -2.43. The summed E-state index contributed by atoms with van der Waals surface area (Å²) < 4.78 is 13.0. The highest BCUT2D eigenvalue weighted by molar-refractivity contribution is 7.99. The third kappa shape index (κ3) is 4.90. The van der Waals surface area contributed by atoms with Crippen LogP contribution in [-0.4, -0.2) is 52.8 Å². The Bertz CT molecular complexity index is 871. The van der Waals surface area contributed by atoms with E-state index in [-0.39, 0.29) is 5.91 Å². The minimum Gasteiger partial charge on any atom is -0.497 e. The first-order valence-corrected chi connectivity index (χ1v) is 12.2. The maximum atomic E-state index is 13.2. The van der Waals surface area contributed by atoms with Crippen LogP contribution in [0, 0.1) is 0 Å². The molecule has 1 atom stereocenters. The van der Waals surface area contributed by atoms with E-state index in [1.54, 1.807) is 18.9 Å². The highest BCUT2D eigenvalue weighted by Crippen LogP contribution is 2.41. The van der Waals surface area contributed by atoms with Crippen molar-refractivity contribution in [2.75, 3.05) is 26.0 Å². The number of methoxy groups -OCH3 is 1. The molecule has 4 rings (SSSR count). The molecule has 31 heavy (non-hydrogen) atoms. The number of benzene rings is 1. The van der Waals surface area contributed by atoms with Crippen molar-refractivity contribution in [1.82, 2.24) is 20.1 Å². The molecule has 7 nitrogen and oxygen atoms in total. The molecule has 1 aliphatic carbocycles. The molecule has 1 saturated carbocycles. The minimum absolute atomic E-state index is 0.116. The standard InChI is InChI=1S/C23H32N4O3S/c1-27-20(25-26-22(27)31-16-19-6-5-15-30-19)11-14-24-21(28)23(12-3-4-13-23)17-7-9-18(29-2)10-8-17/h7-10,19H,3-6,11-16H2,1-2H3,(H,24,28). The maximum absolute atomic E-state index is 13.2. The Morgan fingerprint density at radius 2 is 2.03 bits per heavy atom. The first-order valence-electron chi connectivity index (χ1n) is 11.2. The molecule has 168 valence electrons. The maximum Gasteiger partial charge on any atom is 0.230 e. The van der Waals surface area contributed by atoms with E-state index >= 15 is 0 Å². The number of carbonyl (C=O) groups excluding carboxylic acids is 1. The Balaban J connectivity index is 1.33. The first kappa shape index (κ1) is 22.1. The van der Waals surface area contributed by atoms with Crippen molar-refractivity contribution >= 4 is 17.7 Å². The van der Waals surface area contributed by atoms with Gasteiger partial charge in [0.25, 0.3) is 0 Å². The quantitative estimate of drug-likeness (QED) is 0.598. The molecular weight excluding hydrogens is 412 g/mol. The number of hydrogen-bond donors (Lipinski definition) is 1. The average molecular weight is 445 g/mol. The highest BCUT2D eigenvalue weighted by atomic mass is 32.2. The second-order valence-corrected chi connectivity index (χ2v) is 9.41. The monoisotopic (exact) mass is 444 g/mol. The van der Waals surface area contributed by atoms with Crippen LogP contribution in [0.4, 0.5) is 0 Å². The number of amides is 1. The third-order valence-corrected chi connectivity index (χ3v) is 7.67. The Hall–Kier alpha value is -2.06. The zero-order valence-electron chi connectivity index (χ0n) is 18.4. The minimum atomic E-state index is -0.436. The summed E-state index contributed by atoms with van der Waals surface area (Å²) >= 11 is 1.69. The van der Waals surface area contributed by atoms with Crippen LogP contribution in [0.15, 0.2) is 29.4 Å². The summed E-state index contributed by atoms with van der Waals surface area (Å²) in [5, 5.41) is 12.7. The Labute approximate surface area is 188 Å². The van der Waals surface area contributed by atoms with Crippen molar-refractivity contribution in [3.63, 3.8) is 0 Å². The van der Waals surface area contributed by atoms with Gasteiger partial charge in [-0.25, -0.2) is 0 Å². The smallest absolute Gasteiger partial charge is 0.230 e. The zero-order valence-corrected chi connectivity index (χ0v) is 19.2. The topological polar surface area (TPSA) is 78.3 Å². The summed E-state index contributed by atoms with van der Waals surface area (Å²) in [6, 6.07) is 7.95. The first-order chi connectivity index (χ1) is 15.1. The molecule has 0 bridgehead atoms. The van der Waals surface area contributed by atoms with Crippen LogP contribution in [0.2, 0.25) is 0 Å². The predicted octanol–water partition coefficient (Wildman–Crippen LogP) is 3.27. The van der Waals surface area contributed by atoms with Gasteiger partial charge in [-0.05, 0) is 43.4 Å². The molecule has 1 N–H and O–H groups in total. The van der Waals surface area contributed by atoms with E-state index in [2.05, 4.69) is 15.5 Å². The Morgan fingerprint density at radius 3 is 2.71 bits per heavy atom. The van der Waals surface area contributed by atoms with Crippen LogP contribution in [-0.2, 0) is 28.4 Å². The van der Waals surface area contributed by atoms with E-state index in [1.807, 2.05) is 35.9 Å². The summed E-state index contributed by atoms with van der Waals surface area (Å²) in [4.78, 5) is 13.2. The van der Waals surface area contributed by atoms with Crippen molar-refractivity contribution < 1.29 is 14.3 Å². The average Bonchev–Trinajstić information content (AvgIpc) is 3.55. The molecule has 2 heterocycles. The van der Waals surface area contributed by atoms with Gasteiger partial charge >= 0.3 is 0 Å². The lowest BCUT2D eigenvalue weighted by Gasteiger charge is -2.28. The number of aromatic nitrogens is 3. The third-order valence-electron chi connectivity index (χ3n) is 6.52. The molecule has 2 fully saturated rings. The Kier molecular flexibility index (Phi) is 7.17. The number of nitrogens with zero attached hydrogens (tertiary/aromatic N) is 3. The van der Waals surface area contributed by atoms with E-state index in [1.165, 1.54) is 0 Å². The van der Waals surface area contributed by atoms with Crippen LogP contribution in [0.25, 0.3) is 0 Å². The van der Waals surface area contributed by atoms with Crippen molar-refractivity contribution in [3.05, 3.63) is 35.7 Å². The molecule has 1 amide bonds. The largest absolute Gasteiger partial charge is 0.497 e. The lowest BCUT2D eigenvalue weighted by atomic mass is 9.78. The molecule has 0 radical (unpaired) electrons. The predicted molar refractivity (Wildman–Crippen MR) is 121 cm³/mol. The second-order valence-electron chi connectivity index (χ2n) is 8.43. The second kappa shape index (κ2) is 10.0. The van der Waals surface area contributed by atoms with Crippen LogP contribution >= 0.6 is 11.8 Å². The van der Waals surface area contributed by atoms with Gasteiger partial charge in [-0.1, -0.05) is 36.7 Å². The van der Waals surface area contributed by atoms with Crippen molar-refractivity contribution in [1.29, 1.82) is 0 Å². The molecule has 1 unspecified atom stereocenters. The van der Waals surface area contributed by atoms with Gasteiger partial charge < -0.3 is 19.4 Å². The molecular formula is C23H32N4O3S. The van der Waals surface area contributed by atoms with Crippen molar-refractivity contribution in [3.8, 4) is 5.75 Å². The molecule has 1 aliphatic heterocycles. The van der Waals surface area contributed by atoms with E-state index in [4.69, 9.17) is 9.47 Å². The number of nitrogens with one attached hydrogen (secondary N) is 1. The van der Waals surface area contributed by atoms with Gasteiger partial charge in [0.15, 0.2) is 5.16 Å². The van der Waals surface area contributed by atoms with Crippen LogP contribution in [0.1, 0.15) is 49.9 Å². The lowest BCUT2D eigenvalue weighted by molar-refractivity contribution is -0.126. The summed E-state index contributed by atoms with van der Waals surface area (Å²) in [5.41, 5.74) is 0.642. The van der Waals surface area contributed by atoms with Gasteiger partial charge in [-0.15, -0.1) is 10.2 Å². The van der Waals surface area contributed by atoms with Crippen molar-refractivity contribution in [2.45, 2.75) is 61.6 Å². The number of ether oxygens (including phenoxy) is 2. The van der Waals surface area contributed by atoms with E-state index in [0.717, 1.165) is 73.2 Å². The van der Waals surface area contributed by atoms with Gasteiger partial charge in [0.2, 0.25) is 5.91 Å². The van der Waals surface area contributed by atoms with Crippen LogP contribution in [0.5, 0.6) is 5.75 Å².